The Kier molecular flexibility index (Phi) is 4.22. The van der Waals surface area contributed by atoms with Crippen molar-refractivity contribution in [3.8, 4) is 0 Å². The predicted molar refractivity (Wildman–Crippen MR) is 77.3 cm³/mol. The van der Waals surface area contributed by atoms with Gasteiger partial charge in [-0.3, -0.25) is 0 Å². The molecule has 3 nitrogen and oxygen atoms in total. The van der Waals surface area contributed by atoms with Gasteiger partial charge in [0.25, 0.3) is 0 Å². The molecule has 1 unspecified atom stereocenters. The number of rotatable bonds is 3. The molecule has 0 aromatic heterocycles. The number of sulfonamides is 1. The molecule has 1 aromatic rings. The third-order valence-electron chi connectivity index (χ3n) is 3.41. The first-order chi connectivity index (χ1) is 9.09. The predicted octanol–water partition coefficient (Wildman–Crippen LogP) is 2.83. The molecule has 1 aromatic carbocycles. The number of hydrogen-bond acceptors (Lipinski definition) is 2. The van der Waals surface area contributed by atoms with E-state index in [9.17, 15) is 8.42 Å². The Morgan fingerprint density at radius 3 is 2.47 bits per heavy atom. The van der Waals surface area contributed by atoms with Crippen molar-refractivity contribution in [1.82, 2.24) is 4.31 Å². The van der Waals surface area contributed by atoms with Gasteiger partial charge in [0.2, 0.25) is 10.0 Å². The zero-order chi connectivity index (χ0) is 13.9. The fourth-order valence-electron chi connectivity index (χ4n) is 2.37. The molecular formula is C15H19NO2S. The molecule has 1 heterocycles. The number of allylic oxidation sites excluding steroid dienone is 2. The molecule has 0 N–H and O–H groups in total. The lowest BCUT2D eigenvalue weighted by Crippen LogP contribution is -2.28. The van der Waals surface area contributed by atoms with Crippen LogP contribution in [0.1, 0.15) is 13.8 Å². The number of benzene rings is 1. The van der Waals surface area contributed by atoms with Crippen molar-refractivity contribution in [2.75, 3.05) is 13.1 Å². The Hall–Kier alpha value is -1.39. The molecule has 1 fully saturated rings. The van der Waals surface area contributed by atoms with Crippen LogP contribution in [0.3, 0.4) is 0 Å². The fraction of sp³-hybridized carbons (Fsp3) is 0.333. The van der Waals surface area contributed by atoms with E-state index < -0.39 is 10.0 Å². The molecule has 102 valence electrons. The summed E-state index contributed by atoms with van der Waals surface area (Å²) in [7, 11) is -3.37. The van der Waals surface area contributed by atoms with Crippen LogP contribution in [0, 0.1) is 5.92 Å². The summed E-state index contributed by atoms with van der Waals surface area (Å²) >= 11 is 0. The third-order valence-corrected chi connectivity index (χ3v) is 5.24. The first-order valence-corrected chi connectivity index (χ1v) is 7.86. The van der Waals surface area contributed by atoms with Gasteiger partial charge in [-0.25, -0.2) is 8.42 Å². The van der Waals surface area contributed by atoms with Gasteiger partial charge in [0.1, 0.15) is 0 Å². The standard InChI is InChI=1S/C15H19NO2S/c1-3-8-14-12-16(11-13(14)4-2)19(17,18)15-9-6-5-7-10-15/h3-10,14H,11-12H2,1-2H3/b8-3+,13-4+. The topological polar surface area (TPSA) is 37.4 Å². The molecule has 0 amide bonds. The van der Waals surface area contributed by atoms with E-state index in [0.717, 1.165) is 5.57 Å². The van der Waals surface area contributed by atoms with Crippen molar-refractivity contribution in [2.24, 2.45) is 5.92 Å². The largest absolute Gasteiger partial charge is 0.243 e. The van der Waals surface area contributed by atoms with E-state index in [1.54, 1.807) is 28.6 Å². The molecule has 2 rings (SSSR count). The van der Waals surface area contributed by atoms with Gasteiger partial charge < -0.3 is 0 Å². The van der Waals surface area contributed by atoms with E-state index in [-0.39, 0.29) is 5.92 Å². The molecule has 19 heavy (non-hydrogen) atoms. The SMILES string of the molecule is C/C=C1\CN(S(=O)(=O)c2ccccc2)CC1/C=C/C. The van der Waals surface area contributed by atoms with Gasteiger partial charge in [0.05, 0.1) is 4.90 Å². The molecule has 1 aliphatic heterocycles. The Bertz CT molecular complexity index is 588. The van der Waals surface area contributed by atoms with Crippen molar-refractivity contribution in [3.63, 3.8) is 0 Å². The van der Waals surface area contributed by atoms with Crippen LogP contribution in [0.25, 0.3) is 0 Å². The Balaban J connectivity index is 2.30. The average molecular weight is 277 g/mol. The highest BCUT2D eigenvalue weighted by Gasteiger charge is 2.33. The minimum absolute atomic E-state index is 0.202. The van der Waals surface area contributed by atoms with Gasteiger partial charge in [0.15, 0.2) is 0 Å². The van der Waals surface area contributed by atoms with Crippen LogP contribution in [-0.4, -0.2) is 25.8 Å². The zero-order valence-electron chi connectivity index (χ0n) is 11.3. The van der Waals surface area contributed by atoms with Crippen molar-refractivity contribution in [2.45, 2.75) is 18.7 Å². The second-order valence-electron chi connectivity index (χ2n) is 4.61. The van der Waals surface area contributed by atoms with Crippen LogP contribution >= 0.6 is 0 Å². The highest BCUT2D eigenvalue weighted by molar-refractivity contribution is 7.89. The van der Waals surface area contributed by atoms with E-state index in [4.69, 9.17) is 0 Å². The van der Waals surface area contributed by atoms with E-state index in [0.29, 0.717) is 18.0 Å². The second kappa shape index (κ2) is 5.72. The van der Waals surface area contributed by atoms with Crippen molar-refractivity contribution in [1.29, 1.82) is 0 Å². The minimum Gasteiger partial charge on any atom is -0.207 e. The molecule has 0 spiro atoms. The first kappa shape index (κ1) is 14.0. The van der Waals surface area contributed by atoms with E-state index in [1.165, 1.54) is 0 Å². The van der Waals surface area contributed by atoms with Crippen molar-refractivity contribution >= 4 is 10.0 Å². The molecule has 0 radical (unpaired) electrons. The Morgan fingerprint density at radius 1 is 1.21 bits per heavy atom. The van der Waals surface area contributed by atoms with Crippen LogP contribution in [0.4, 0.5) is 0 Å². The zero-order valence-corrected chi connectivity index (χ0v) is 12.1. The lowest BCUT2D eigenvalue weighted by molar-refractivity contribution is 0.471. The summed E-state index contributed by atoms with van der Waals surface area (Å²) in [5, 5.41) is 0. The van der Waals surface area contributed by atoms with Gasteiger partial charge in [-0.15, -0.1) is 0 Å². The quantitative estimate of drug-likeness (QED) is 0.797. The number of nitrogens with zero attached hydrogens (tertiary/aromatic N) is 1. The van der Waals surface area contributed by atoms with Gasteiger partial charge in [-0.2, -0.15) is 4.31 Å². The molecular weight excluding hydrogens is 258 g/mol. The molecule has 0 aliphatic carbocycles. The maximum Gasteiger partial charge on any atom is 0.243 e. The molecule has 4 heteroatoms. The van der Waals surface area contributed by atoms with Crippen LogP contribution in [0.2, 0.25) is 0 Å². The first-order valence-electron chi connectivity index (χ1n) is 6.42. The van der Waals surface area contributed by atoms with E-state index >= 15 is 0 Å². The van der Waals surface area contributed by atoms with Crippen LogP contribution < -0.4 is 0 Å². The minimum atomic E-state index is -3.37. The summed E-state index contributed by atoms with van der Waals surface area (Å²) in [6.07, 6.45) is 6.06. The average Bonchev–Trinajstić information content (AvgIpc) is 2.84. The normalized spacial score (nSPS) is 23.5. The smallest absolute Gasteiger partial charge is 0.207 e. The summed E-state index contributed by atoms with van der Waals surface area (Å²) in [6, 6.07) is 8.62. The summed E-state index contributed by atoms with van der Waals surface area (Å²) in [5.41, 5.74) is 1.16. The molecule has 0 bridgehead atoms. The molecule has 1 atom stereocenters. The lowest BCUT2D eigenvalue weighted by atomic mass is 10.0. The summed E-state index contributed by atoms with van der Waals surface area (Å²) in [6.45, 7) is 4.94. The highest BCUT2D eigenvalue weighted by atomic mass is 32.2. The summed E-state index contributed by atoms with van der Waals surface area (Å²) in [5.74, 6) is 0.202. The van der Waals surface area contributed by atoms with Crippen LogP contribution in [0.15, 0.2) is 59.0 Å². The molecule has 0 saturated carbocycles. The van der Waals surface area contributed by atoms with Gasteiger partial charge in [-0.1, -0.05) is 42.0 Å². The Morgan fingerprint density at radius 2 is 1.89 bits per heavy atom. The number of hydrogen-bond donors (Lipinski definition) is 0. The van der Waals surface area contributed by atoms with Crippen LogP contribution in [0.5, 0.6) is 0 Å². The van der Waals surface area contributed by atoms with Gasteiger partial charge >= 0.3 is 0 Å². The molecule has 1 saturated heterocycles. The Labute approximate surface area is 115 Å². The maximum absolute atomic E-state index is 12.5. The fourth-order valence-corrected chi connectivity index (χ4v) is 3.84. The molecule has 1 aliphatic rings. The lowest BCUT2D eigenvalue weighted by Gasteiger charge is -2.15. The highest BCUT2D eigenvalue weighted by Crippen LogP contribution is 2.28. The third kappa shape index (κ3) is 2.80. The maximum atomic E-state index is 12.5. The second-order valence-corrected chi connectivity index (χ2v) is 6.54. The summed E-state index contributed by atoms with van der Waals surface area (Å²) in [4.78, 5) is 0.367. The van der Waals surface area contributed by atoms with Crippen molar-refractivity contribution < 1.29 is 8.42 Å². The van der Waals surface area contributed by atoms with Gasteiger partial charge in [-0.05, 0) is 26.0 Å². The van der Waals surface area contributed by atoms with Crippen molar-refractivity contribution in [3.05, 3.63) is 54.1 Å². The van der Waals surface area contributed by atoms with Gasteiger partial charge in [0, 0.05) is 19.0 Å². The van der Waals surface area contributed by atoms with E-state index in [1.807, 2.05) is 32.1 Å². The van der Waals surface area contributed by atoms with E-state index in [2.05, 4.69) is 6.08 Å². The summed E-state index contributed by atoms with van der Waals surface area (Å²) < 4.78 is 26.6. The monoisotopic (exact) mass is 277 g/mol. The van der Waals surface area contributed by atoms with Crippen LogP contribution in [-0.2, 0) is 10.0 Å².